The average molecular weight is 236 g/mol. The highest BCUT2D eigenvalue weighted by molar-refractivity contribution is 6.00. The molecule has 0 N–H and O–H groups in total. The molecule has 0 unspecified atom stereocenters. The first kappa shape index (κ1) is 11.4. The number of fused-ring (bicyclic) bond motifs is 1. The number of ether oxygens (including phenoxy) is 3. The van der Waals surface area contributed by atoms with Crippen LogP contribution in [-0.4, -0.2) is 32.1 Å². The average Bonchev–Trinajstić information content (AvgIpc) is 2.36. The van der Waals surface area contributed by atoms with Crippen molar-refractivity contribution < 1.29 is 23.8 Å². The van der Waals surface area contributed by atoms with E-state index in [0.29, 0.717) is 30.1 Å². The van der Waals surface area contributed by atoms with Gasteiger partial charge in [0.25, 0.3) is 0 Å². The number of para-hydroxylation sites is 1. The zero-order valence-electron chi connectivity index (χ0n) is 9.39. The van der Waals surface area contributed by atoms with Crippen molar-refractivity contribution >= 4 is 11.8 Å². The molecule has 17 heavy (non-hydrogen) atoms. The van der Waals surface area contributed by atoms with Crippen LogP contribution in [0, 0.1) is 0 Å². The van der Waals surface area contributed by atoms with E-state index in [9.17, 15) is 9.59 Å². The molecule has 5 heteroatoms. The van der Waals surface area contributed by atoms with Gasteiger partial charge in [-0.25, -0.2) is 4.79 Å². The largest absolute Gasteiger partial charge is 0.488 e. The lowest BCUT2D eigenvalue weighted by atomic mass is 10.0. The maximum atomic E-state index is 11.6. The Hall–Kier alpha value is -2.04. The minimum atomic E-state index is -0.482. The first-order chi connectivity index (χ1) is 8.22. The predicted molar refractivity (Wildman–Crippen MR) is 58.4 cm³/mol. The number of carbonyl (C=O) groups excluding carboxylic acids is 2. The number of esters is 1. The summed E-state index contributed by atoms with van der Waals surface area (Å²) in [6, 6.07) is 5.03. The lowest BCUT2D eigenvalue weighted by Gasteiger charge is -2.19. The van der Waals surface area contributed by atoms with Crippen molar-refractivity contribution in [3.05, 3.63) is 23.8 Å². The highest BCUT2D eigenvalue weighted by Crippen LogP contribution is 2.34. The summed E-state index contributed by atoms with van der Waals surface area (Å²) in [7, 11) is 1.28. The number of Topliss-reactive ketones (excluding diaryl/α,β-unsaturated/α-hetero) is 1. The van der Waals surface area contributed by atoms with Crippen LogP contribution in [0.2, 0.25) is 0 Å². The standard InChI is InChI=1S/C12H12O5/c1-15-11(14)7-17-10-4-2-3-8-9(13)5-6-16-12(8)10/h2-4H,5-7H2,1H3. The lowest BCUT2D eigenvalue weighted by molar-refractivity contribution is -0.142. The van der Waals surface area contributed by atoms with Gasteiger partial charge in [-0.2, -0.15) is 0 Å². The monoisotopic (exact) mass is 236 g/mol. The number of hydrogen-bond acceptors (Lipinski definition) is 5. The first-order valence-electron chi connectivity index (χ1n) is 5.21. The first-order valence-corrected chi connectivity index (χ1v) is 5.21. The van der Waals surface area contributed by atoms with Gasteiger partial charge in [-0.15, -0.1) is 0 Å². The van der Waals surface area contributed by atoms with Crippen LogP contribution in [0.3, 0.4) is 0 Å². The van der Waals surface area contributed by atoms with Gasteiger partial charge >= 0.3 is 5.97 Å². The van der Waals surface area contributed by atoms with Gasteiger partial charge < -0.3 is 14.2 Å². The van der Waals surface area contributed by atoms with Crippen LogP contribution in [0.4, 0.5) is 0 Å². The Bertz CT molecular complexity index is 452. The number of rotatable bonds is 3. The molecule has 5 nitrogen and oxygen atoms in total. The van der Waals surface area contributed by atoms with Crippen molar-refractivity contribution in [2.45, 2.75) is 6.42 Å². The SMILES string of the molecule is COC(=O)COc1cccc2c1OCCC2=O. The quantitative estimate of drug-likeness (QED) is 0.738. The third-order valence-electron chi connectivity index (χ3n) is 2.43. The molecule has 2 rings (SSSR count). The molecular formula is C12H12O5. The molecule has 0 spiro atoms. The van der Waals surface area contributed by atoms with Crippen LogP contribution in [0.15, 0.2) is 18.2 Å². The maximum Gasteiger partial charge on any atom is 0.343 e. The highest BCUT2D eigenvalue weighted by Gasteiger charge is 2.22. The number of methoxy groups -OCH3 is 1. The van der Waals surface area contributed by atoms with Crippen molar-refractivity contribution in [2.75, 3.05) is 20.3 Å². The topological polar surface area (TPSA) is 61.8 Å². The summed E-state index contributed by atoms with van der Waals surface area (Å²) in [5.41, 5.74) is 0.499. The van der Waals surface area contributed by atoms with E-state index in [1.54, 1.807) is 18.2 Å². The van der Waals surface area contributed by atoms with E-state index in [1.807, 2.05) is 0 Å². The van der Waals surface area contributed by atoms with Gasteiger partial charge in [-0.1, -0.05) is 6.07 Å². The Kier molecular flexibility index (Phi) is 3.27. The third-order valence-corrected chi connectivity index (χ3v) is 2.43. The second-order valence-corrected chi connectivity index (χ2v) is 3.52. The summed E-state index contributed by atoms with van der Waals surface area (Å²) in [6.07, 6.45) is 0.369. The van der Waals surface area contributed by atoms with E-state index in [0.717, 1.165) is 0 Å². The van der Waals surface area contributed by atoms with Crippen molar-refractivity contribution in [3.8, 4) is 11.5 Å². The molecular weight excluding hydrogens is 224 g/mol. The van der Waals surface area contributed by atoms with Crippen LogP contribution < -0.4 is 9.47 Å². The Balaban J connectivity index is 2.20. The Morgan fingerprint density at radius 2 is 2.29 bits per heavy atom. The molecule has 0 fully saturated rings. The number of ketones is 1. The van der Waals surface area contributed by atoms with Crippen LogP contribution in [0.1, 0.15) is 16.8 Å². The van der Waals surface area contributed by atoms with E-state index in [-0.39, 0.29) is 12.4 Å². The number of hydrogen-bond donors (Lipinski definition) is 0. The minimum Gasteiger partial charge on any atom is -0.488 e. The summed E-state index contributed by atoms with van der Waals surface area (Å²) in [5, 5.41) is 0. The molecule has 0 bridgehead atoms. The summed E-state index contributed by atoms with van der Waals surface area (Å²) in [4.78, 5) is 22.6. The van der Waals surface area contributed by atoms with Gasteiger partial charge in [0, 0.05) is 6.42 Å². The smallest absolute Gasteiger partial charge is 0.343 e. The van der Waals surface area contributed by atoms with Crippen molar-refractivity contribution in [2.24, 2.45) is 0 Å². The maximum absolute atomic E-state index is 11.6. The van der Waals surface area contributed by atoms with Crippen LogP contribution >= 0.6 is 0 Å². The molecule has 1 aromatic carbocycles. The number of benzene rings is 1. The highest BCUT2D eigenvalue weighted by atomic mass is 16.6. The minimum absolute atomic E-state index is 0.0229. The molecule has 0 atom stereocenters. The third kappa shape index (κ3) is 2.38. The zero-order valence-corrected chi connectivity index (χ0v) is 9.39. The van der Waals surface area contributed by atoms with Gasteiger partial charge in [0.1, 0.15) is 0 Å². The van der Waals surface area contributed by atoms with Crippen LogP contribution in [0.5, 0.6) is 11.5 Å². The predicted octanol–water partition coefficient (Wildman–Crippen LogP) is 1.20. The van der Waals surface area contributed by atoms with E-state index < -0.39 is 5.97 Å². The lowest BCUT2D eigenvalue weighted by Crippen LogP contribution is -2.18. The second kappa shape index (κ2) is 4.86. The van der Waals surface area contributed by atoms with Gasteiger partial charge in [0.15, 0.2) is 23.9 Å². The van der Waals surface area contributed by atoms with E-state index in [4.69, 9.17) is 9.47 Å². The van der Waals surface area contributed by atoms with Gasteiger partial charge in [0.2, 0.25) is 0 Å². The van der Waals surface area contributed by atoms with Gasteiger partial charge in [-0.05, 0) is 12.1 Å². The molecule has 1 aliphatic heterocycles. The summed E-state index contributed by atoms with van der Waals surface area (Å²) in [6.45, 7) is 0.134. The normalized spacial score (nSPS) is 13.6. The number of carbonyl (C=O) groups is 2. The molecule has 0 saturated carbocycles. The summed E-state index contributed by atoms with van der Waals surface area (Å²) in [5.74, 6) is 0.341. The van der Waals surface area contributed by atoms with E-state index in [1.165, 1.54) is 7.11 Å². The summed E-state index contributed by atoms with van der Waals surface area (Å²) >= 11 is 0. The molecule has 1 heterocycles. The fourth-order valence-corrected chi connectivity index (χ4v) is 1.57. The van der Waals surface area contributed by atoms with Crippen molar-refractivity contribution in [3.63, 3.8) is 0 Å². The Morgan fingerprint density at radius 3 is 3.06 bits per heavy atom. The summed E-state index contributed by atoms with van der Waals surface area (Å²) < 4.78 is 15.1. The molecule has 0 saturated heterocycles. The molecule has 0 radical (unpaired) electrons. The second-order valence-electron chi connectivity index (χ2n) is 3.52. The Labute approximate surface area is 98.3 Å². The molecule has 1 aromatic rings. The van der Waals surface area contributed by atoms with Gasteiger partial charge in [0.05, 0.1) is 19.3 Å². The zero-order chi connectivity index (χ0) is 12.3. The van der Waals surface area contributed by atoms with Crippen LogP contribution in [-0.2, 0) is 9.53 Å². The van der Waals surface area contributed by atoms with E-state index >= 15 is 0 Å². The molecule has 0 aromatic heterocycles. The van der Waals surface area contributed by atoms with Crippen molar-refractivity contribution in [1.82, 2.24) is 0 Å². The molecule has 1 aliphatic rings. The fourth-order valence-electron chi connectivity index (χ4n) is 1.57. The molecule has 0 aliphatic carbocycles. The van der Waals surface area contributed by atoms with E-state index in [2.05, 4.69) is 4.74 Å². The van der Waals surface area contributed by atoms with Crippen molar-refractivity contribution in [1.29, 1.82) is 0 Å². The molecule has 0 amide bonds. The van der Waals surface area contributed by atoms with Crippen LogP contribution in [0.25, 0.3) is 0 Å². The fraction of sp³-hybridized carbons (Fsp3) is 0.333. The van der Waals surface area contributed by atoms with Gasteiger partial charge in [-0.3, -0.25) is 4.79 Å². The Morgan fingerprint density at radius 1 is 1.47 bits per heavy atom. The molecule has 90 valence electrons.